The van der Waals surface area contributed by atoms with Crippen LogP contribution in [0.25, 0.3) is 10.9 Å². The first-order chi connectivity index (χ1) is 16.4. The lowest BCUT2D eigenvalue weighted by Crippen LogP contribution is -2.42. The van der Waals surface area contributed by atoms with Crippen LogP contribution in [0, 0.1) is 0 Å². The Bertz CT molecular complexity index is 1170. The van der Waals surface area contributed by atoms with Gasteiger partial charge in [-0.1, -0.05) is 18.2 Å². The van der Waals surface area contributed by atoms with Crippen LogP contribution in [0.15, 0.2) is 48.5 Å². The lowest BCUT2D eigenvalue weighted by Gasteiger charge is -2.30. The summed E-state index contributed by atoms with van der Waals surface area (Å²) in [7, 11) is 5.28. The van der Waals surface area contributed by atoms with Gasteiger partial charge < -0.3 is 25.6 Å². The molecular formula is C25H30N6O3. The van der Waals surface area contributed by atoms with Crippen LogP contribution in [-0.4, -0.2) is 55.3 Å². The van der Waals surface area contributed by atoms with Gasteiger partial charge in [0.1, 0.15) is 5.82 Å². The second-order valence-electron chi connectivity index (χ2n) is 8.65. The molecule has 0 bridgehead atoms. The average Bonchev–Trinajstić information content (AvgIpc) is 2.84. The Hall–Kier alpha value is -3.88. The van der Waals surface area contributed by atoms with Crippen molar-refractivity contribution in [1.82, 2.24) is 15.3 Å². The number of aromatic nitrogens is 2. The predicted molar refractivity (Wildman–Crippen MR) is 133 cm³/mol. The largest absolute Gasteiger partial charge is 0.465 e. The minimum atomic E-state index is -0.442. The van der Waals surface area contributed by atoms with Crippen molar-refractivity contribution in [1.29, 1.82) is 0 Å². The summed E-state index contributed by atoms with van der Waals surface area (Å²) in [5.41, 5.74) is 1.84. The molecule has 1 saturated carbocycles. The molecular weight excluding hydrogens is 432 g/mol. The number of nitrogens with one attached hydrogen (secondary N) is 3. The van der Waals surface area contributed by atoms with E-state index < -0.39 is 5.97 Å². The number of carbonyl (C=O) groups excluding carboxylic acids is 2. The van der Waals surface area contributed by atoms with Crippen molar-refractivity contribution < 1.29 is 14.3 Å². The summed E-state index contributed by atoms with van der Waals surface area (Å²) in [6.07, 6.45) is 3.50. The molecule has 3 aromatic rings. The fourth-order valence-electron chi connectivity index (χ4n) is 4.22. The van der Waals surface area contributed by atoms with Crippen molar-refractivity contribution in [2.75, 3.05) is 36.7 Å². The molecule has 1 aliphatic carbocycles. The van der Waals surface area contributed by atoms with Crippen molar-refractivity contribution in [2.45, 2.75) is 37.8 Å². The van der Waals surface area contributed by atoms with E-state index in [0.717, 1.165) is 42.4 Å². The highest BCUT2D eigenvalue weighted by atomic mass is 16.5. The topological polar surface area (TPSA) is 108 Å². The first-order valence-corrected chi connectivity index (χ1v) is 11.4. The van der Waals surface area contributed by atoms with E-state index in [1.165, 1.54) is 7.11 Å². The molecule has 0 atom stereocenters. The van der Waals surface area contributed by atoms with Crippen LogP contribution >= 0.6 is 0 Å². The molecule has 1 fully saturated rings. The Morgan fingerprint density at radius 3 is 2.44 bits per heavy atom. The number of fused-ring (bicyclic) bond motifs is 1. The van der Waals surface area contributed by atoms with Crippen LogP contribution in [0.2, 0.25) is 0 Å². The molecule has 2 amide bonds. The number of methoxy groups -OCH3 is 1. The Morgan fingerprint density at radius 1 is 0.971 bits per heavy atom. The zero-order valence-electron chi connectivity index (χ0n) is 19.7. The molecule has 0 saturated heterocycles. The zero-order valence-corrected chi connectivity index (χ0v) is 19.7. The predicted octanol–water partition coefficient (Wildman–Crippen LogP) is 4.03. The Labute approximate surface area is 198 Å². The smallest absolute Gasteiger partial charge is 0.337 e. The molecule has 0 aliphatic heterocycles. The van der Waals surface area contributed by atoms with Crippen LogP contribution in [0.4, 0.5) is 22.2 Å². The number of amides is 2. The fraction of sp³-hybridized carbons (Fsp3) is 0.360. The van der Waals surface area contributed by atoms with E-state index in [0.29, 0.717) is 17.2 Å². The maximum atomic E-state index is 12.5. The van der Waals surface area contributed by atoms with Crippen molar-refractivity contribution in [2.24, 2.45) is 0 Å². The number of hydrogen-bond donors (Lipinski definition) is 3. The van der Waals surface area contributed by atoms with Crippen LogP contribution in [0.5, 0.6) is 0 Å². The first kappa shape index (κ1) is 23.3. The van der Waals surface area contributed by atoms with E-state index in [4.69, 9.17) is 14.7 Å². The summed E-state index contributed by atoms with van der Waals surface area (Å²) in [4.78, 5) is 35.5. The van der Waals surface area contributed by atoms with Gasteiger partial charge in [0.05, 0.1) is 18.2 Å². The number of urea groups is 1. The summed E-state index contributed by atoms with van der Waals surface area (Å²) in [5, 5.41) is 10.3. The molecule has 4 rings (SSSR count). The van der Waals surface area contributed by atoms with Gasteiger partial charge in [-0.2, -0.15) is 4.98 Å². The molecule has 178 valence electrons. The van der Waals surface area contributed by atoms with Crippen molar-refractivity contribution in [3.8, 4) is 0 Å². The second-order valence-corrected chi connectivity index (χ2v) is 8.65. The van der Waals surface area contributed by atoms with Crippen LogP contribution < -0.4 is 20.9 Å². The number of hydrogen-bond acceptors (Lipinski definition) is 7. The normalized spacial score (nSPS) is 17.6. The van der Waals surface area contributed by atoms with Gasteiger partial charge in [0.15, 0.2) is 0 Å². The molecule has 0 spiro atoms. The molecule has 9 nitrogen and oxygen atoms in total. The molecule has 3 N–H and O–H groups in total. The molecule has 0 unspecified atom stereocenters. The van der Waals surface area contributed by atoms with Crippen LogP contribution in [-0.2, 0) is 4.74 Å². The molecule has 1 heterocycles. The lowest BCUT2D eigenvalue weighted by atomic mass is 9.91. The fourth-order valence-corrected chi connectivity index (χ4v) is 4.22. The number of nitrogens with zero attached hydrogens (tertiary/aromatic N) is 3. The van der Waals surface area contributed by atoms with E-state index in [2.05, 4.69) is 16.0 Å². The highest BCUT2D eigenvalue weighted by Crippen LogP contribution is 2.26. The Kier molecular flexibility index (Phi) is 7.10. The van der Waals surface area contributed by atoms with Crippen LogP contribution in [0.3, 0.4) is 0 Å². The molecule has 2 aromatic carbocycles. The lowest BCUT2D eigenvalue weighted by molar-refractivity contribution is 0.0600. The Balaban J connectivity index is 1.31. The third-order valence-corrected chi connectivity index (χ3v) is 5.94. The van der Waals surface area contributed by atoms with Gasteiger partial charge in [-0.15, -0.1) is 0 Å². The van der Waals surface area contributed by atoms with Crippen molar-refractivity contribution >= 4 is 40.4 Å². The zero-order chi connectivity index (χ0) is 24.1. The number of esters is 1. The van der Waals surface area contributed by atoms with Gasteiger partial charge in [0.2, 0.25) is 5.95 Å². The molecule has 0 radical (unpaired) electrons. The Morgan fingerprint density at radius 2 is 1.71 bits per heavy atom. The van der Waals surface area contributed by atoms with Gasteiger partial charge in [0.25, 0.3) is 0 Å². The monoisotopic (exact) mass is 462 g/mol. The summed E-state index contributed by atoms with van der Waals surface area (Å²) >= 11 is 0. The maximum absolute atomic E-state index is 12.5. The molecule has 1 aromatic heterocycles. The molecule has 9 heteroatoms. The number of rotatable bonds is 6. The van der Waals surface area contributed by atoms with E-state index in [-0.39, 0.29) is 18.1 Å². The summed E-state index contributed by atoms with van der Waals surface area (Å²) in [6, 6.07) is 14.7. The van der Waals surface area contributed by atoms with Crippen LogP contribution in [0.1, 0.15) is 36.0 Å². The molecule has 34 heavy (non-hydrogen) atoms. The maximum Gasteiger partial charge on any atom is 0.337 e. The highest BCUT2D eigenvalue weighted by Gasteiger charge is 2.23. The number of anilines is 3. The number of para-hydroxylation sites is 1. The summed E-state index contributed by atoms with van der Waals surface area (Å²) in [5.74, 6) is 1.07. The van der Waals surface area contributed by atoms with Gasteiger partial charge in [0, 0.05) is 37.3 Å². The van der Waals surface area contributed by atoms with Crippen molar-refractivity contribution in [3.05, 3.63) is 54.1 Å². The minimum absolute atomic E-state index is 0.0803. The quantitative estimate of drug-likeness (QED) is 0.475. The third-order valence-electron chi connectivity index (χ3n) is 5.94. The van der Waals surface area contributed by atoms with E-state index in [1.807, 2.05) is 43.3 Å². The van der Waals surface area contributed by atoms with E-state index >= 15 is 0 Å². The highest BCUT2D eigenvalue weighted by molar-refractivity contribution is 5.94. The van der Waals surface area contributed by atoms with Gasteiger partial charge in [-0.25, -0.2) is 14.6 Å². The van der Waals surface area contributed by atoms with Gasteiger partial charge in [-0.05, 0) is 56.0 Å². The first-order valence-electron chi connectivity index (χ1n) is 11.4. The standard InChI is InChI=1S/C25H30N6O3/c1-31(2)22-20-9-4-5-10-21(20)29-24(30-22)26-17-11-13-18(14-12-17)27-25(33)28-19-8-6-7-16(15-19)23(32)34-3/h4-10,15,17-18H,11-14H2,1-3H3,(H,26,29,30)(H2,27,28,33). The summed E-state index contributed by atoms with van der Waals surface area (Å²) in [6.45, 7) is 0. The van der Waals surface area contributed by atoms with Crippen molar-refractivity contribution in [3.63, 3.8) is 0 Å². The SMILES string of the molecule is COC(=O)c1cccc(NC(=O)NC2CCC(Nc3nc(N(C)C)c4ccccc4n3)CC2)c1. The minimum Gasteiger partial charge on any atom is -0.465 e. The average molecular weight is 463 g/mol. The summed E-state index contributed by atoms with van der Waals surface area (Å²) < 4.78 is 4.73. The molecule has 1 aliphatic rings. The van der Waals surface area contributed by atoms with E-state index in [9.17, 15) is 9.59 Å². The van der Waals surface area contributed by atoms with E-state index in [1.54, 1.807) is 24.3 Å². The van der Waals surface area contributed by atoms with Gasteiger partial charge in [-0.3, -0.25) is 0 Å². The number of carbonyl (C=O) groups is 2. The van der Waals surface area contributed by atoms with Gasteiger partial charge >= 0.3 is 12.0 Å². The number of benzene rings is 2. The third kappa shape index (κ3) is 5.54. The number of ether oxygens (including phenoxy) is 1. The second kappa shape index (κ2) is 10.4.